The number of rotatable bonds is 3. The molecule has 0 aliphatic carbocycles. The maximum Gasteiger partial charge on any atom is 0.336 e. The van der Waals surface area contributed by atoms with Crippen LogP contribution >= 0.6 is 15.9 Å². The van der Waals surface area contributed by atoms with E-state index in [9.17, 15) is 9.90 Å². The van der Waals surface area contributed by atoms with E-state index in [-0.39, 0.29) is 12.5 Å². The highest BCUT2D eigenvalue weighted by Crippen LogP contribution is 2.08. The van der Waals surface area contributed by atoms with Gasteiger partial charge < -0.3 is 15.6 Å². The first-order valence-corrected chi connectivity index (χ1v) is 4.45. The minimum Gasteiger partial charge on any atom is -0.467 e. The lowest BCUT2D eigenvalue weighted by Gasteiger charge is -2.07. The van der Waals surface area contributed by atoms with E-state index in [0.29, 0.717) is 4.73 Å². The van der Waals surface area contributed by atoms with Crippen molar-refractivity contribution in [3.05, 3.63) is 4.73 Å². The normalized spacial score (nSPS) is 12.5. The third kappa shape index (κ3) is 2.42. The quantitative estimate of drug-likeness (QED) is 0.690. The number of nitrogens with two attached hydrogens (primary N) is 1. The van der Waals surface area contributed by atoms with Gasteiger partial charge in [-0.15, -0.1) is 5.10 Å². The highest BCUT2D eigenvalue weighted by Gasteiger charge is 2.18. The molecule has 0 amide bonds. The SMILES string of the molecule is COC(=O)C(O)Cn1nc(N)nc1Br. The zero-order valence-corrected chi connectivity index (χ0v) is 8.93. The molecule has 1 aromatic heterocycles. The average Bonchev–Trinajstić information content (AvgIpc) is 2.44. The maximum absolute atomic E-state index is 10.9. The van der Waals surface area contributed by atoms with Gasteiger partial charge in [0.25, 0.3) is 0 Å². The number of hydrogen-bond acceptors (Lipinski definition) is 6. The van der Waals surface area contributed by atoms with Crippen LogP contribution in [0.1, 0.15) is 0 Å². The van der Waals surface area contributed by atoms with E-state index in [1.165, 1.54) is 11.8 Å². The topological polar surface area (TPSA) is 103 Å². The van der Waals surface area contributed by atoms with Crippen LogP contribution in [0.25, 0.3) is 0 Å². The van der Waals surface area contributed by atoms with Gasteiger partial charge in [0.15, 0.2) is 10.8 Å². The molecule has 7 nitrogen and oxygen atoms in total. The van der Waals surface area contributed by atoms with Gasteiger partial charge in [-0.05, 0) is 15.9 Å². The predicted molar refractivity (Wildman–Crippen MR) is 50.2 cm³/mol. The summed E-state index contributed by atoms with van der Waals surface area (Å²) in [6.45, 7) is -0.0581. The van der Waals surface area contributed by atoms with Crippen molar-refractivity contribution in [3.63, 3.8) is 0 Å². The highest BCUT2D eigenvalue weighted by molar-refractivity contribution is 9.10. The number of methoxy groups -OCH3 is 1. The standard InChI is InChI=1S/C6H9BrN4O3/c1-14-4(13)3(12)2-11-5(7)9-6(8)10-11/h3,12H,2H2,1H3,(H2,8,10). The number of ether oxygens (including phenoxy) is 1. The third-order valence-corrected chi connectivity index (χ3v) is 2.05. The maximum atomic E-state index is 10.9. The Morgan fingerprint density at radius 3 is 2.93 bits per heavy atom. The molecule has 0 aliphatic rings. The molecule has 1 unspecified atom stereocenters. The summed E-state index contributed by atoms with van der Waals surface area (Å²) in [5.74, 6) is -0.667. The zero-order chi connectivity index (χ0) is 10.7. The molecule has 0 radical (unpaired) electrons. The molecule has 0 spiro atoms. The molecule has 1 rings (SSSR count). The number of aromatic nitrogens is 3. The lowest BCUT2D eigenvalue weighted by Crippen LogP contribution is -2.27. The summed E-state index contributed by atoms with van der Waals surface area (Å²) in [5.41, 5.74) is 5.29. The number of hydrogen-bond donors (Lipinski definition) is 2. The first-order chi connectivity index (χ1) is 6.54. The van der Waals surface area contributed by atoms with Gasteiger partial charge in [-0.1, -0.05) is 0 Å². The van der Waals surface area contributed by atoms with Crippen LogP contribution in [0.5, 0.6) is 0 Å². The molecule has 14 heavy (non-hydrogen) atoms. The number of carbonyl (C=O) groups excluding carboxylic acids is 1. The van der Waals surface area contributed by atoms with E-state index in [1.54, 1.807) is 0 Å². The highest BCUT2D eigenvalue weighted by atomic mass is 79.9. The minimum atomic E-state index is -1.28. The number of aliphatic hydroxyl groups excluding tert-OH is 1. The largest absolute Gasteiger partial charge is 0.467 e. The van der Waals surface area contributed by atoms with Crippen LogP contribution in [0.15, 0.2) is 4.73 Å². The first kappa shape index (κ1) is 10.9. The van der Waals surface area contributed by atoms with Crippen molar-refractivity contribution in [2.24, 2.45) is 0 Å². The molecule has 3 N–H and O–H groups in total. The number of nitrogens with zero attached hydrogens (tertiary/aromatic N) is 3. The van der Waals surface area contributed by atoms with Crippen LogP contribution < -0.4 is 5.73 Å². The number of aliphatic hydroxyl groups is 1. The van der Waals surface area contributed by atoms with Crippen molar-refractivity contribution in [2.75, 3.05) is 12.8 Å². The average molecular weight is 265 g/mol. The fourth-order valence-electron chi connectivity index (χ4n) is 0.830. The number of nitrogen functional groups attached to an aromatic ring is 1. The van der Waals surface area contributed by atoms with E-state index in [4.69, 9.17) is 5.73 Å². The Kier molecular flexibility index (Phi) is 3.42. The molecule has 0 aromatic carbocycles. The van der Waals surface area contributed by atoms with Crippen molar-refractivity contribution in [1.82, 2.24) is 14.8 Å². The van der Waals surface area contributed by atoms with Crippen molar-refractivity contribution in [2.45, 2.75) is 12.6 Å². The molecule has 1 heterocycles. The predicted octanol–water partition coefficient (Wildman–Crippen LogP) is -0.843. The molecule has 0 aliphatic heterocycles. The molecule has 0 bridgehead atoms. The Bertz CT molecular complexity index is 340. The smallest absolute Gasteiger partial charge is 0.336 e. The summed E-state index contributed by atoms with van der Waals surface area (Å²) in [6.07, 6.45) is -1.28. The zero-order valence-electron chi connectivity index (χ0n) is 7.35. The molecule has 8 heteroatoms. The van der Waals surface area contributed by atoms with Crippen LogP contribution in [-0.4, -0.2) is 39.1 Å². The molecule has 0 saturated heterocycles. The Hall–Kier alpha value is -1.15. The van der Waals surface area contributed by atoms with Crippen LogP contribution in [0, 0.1) is 0 Å². The molecular weight excluding hydrogens is 256 g/mol. The Morgan fingerprint density at radius 1 is 1.86 bits per heavy atom. The second kappa shape index (κ2) is 4.38. The molecule has 1 aromatic rings. The summed E-state index contributed by atoms with van der Waals surface area (Å²) in [5, 5.41) is 13.0. The number of carbonyl (C=O) groups is 1. The van der Waals surface area contributed by atoms with E-state index in [0.717, 1.165) is 0 Å². The van der Waals surface area contributed by atoms with Gasteiger partial charge in [-0.25, -0.2) is 9.48 Å². The Labute approximate surface area is 88.0 Å². The van der Waals surface area contributed by atoms with Gasteiger partial charge >= 0.3 is 5.97 Å². The Morgan fingerprint density at radius 2 is 2.50 bits per heavy atom. The summed E-state index contributed by atoms with van der Waals surface area (Å²) in [6, 6.07) is 0. The van der Waals surface area contributed by atoms with E-state index < -0.39 is 12.1 Å². The second-order valence-corrected chi connectivity index (χ2v) is 3.17. The number of halogens is 1. The van der Waals surface area contributed by atoms with E-state index in [2.05, 4.69) is 30.7 Å². The van der Waals surface area contributed by atoms with Crippen LogP contribution in [0.4, 0.5) is 5.95 Å². The fourth-order valence-corrected chi connectivity index (χ4v) is 1.24. The summed E-state index contributed by atoms with van der Waals surface area (Å²) in [4.78, 5) is 14.6. The third-order valence-electron chi connectivity index (χ3n) is 1.46. The van der Waals surface area contributed by atoms with E-state index in [1.807, 2.05) is 0 Å². The van der Waals surface area contributed by atoms with Crippen molar-refractivity contribution in [3.8, 4) is 0 Å². The molecule has 0 saturated carbocycles. The van der Waals surface area contributed by atoms with Gasteiger partial charge in [0.05, 0.1) is 13.7 Å². The summed E-state index contributed by atoms with van der Waals surface area (Å²) < 4.78 is 5.94. The van der Waals surface area contributed by atoms with Crippen molar-refractivity contribution < 1.29 is 14.6 Å². The monoisotopic (exact) mass is 264 g/mol. The van der Waals surface area contributed by atoms with Gasteiger partial charge in [0, 0.05) is 0 Å². The van der Waals surface area contributed by atoms with E-state index >= 15 is 0 Å². The summed E-state index contributed by atoms with van der Waals surface area (Å²) in [7, 11) is 1.19. The minimum absolute atomic E-state index is 0.0581. The van der Waals surface area contributed by atoms with Crippen LogP contribution in [0.3, 0.4) is 0 Å². The van der Waals surface area contributed by atoms with Crippen LogP contribution in [0.2, 0.25) is 0 Å². The van der Waals surface area contributed by atoms with Crippen molar-refractivity contribution >= 4 is 27.8 Å². The van der Waals surface area contributed by atoms with Crippen LogP contribution in [-0.2, 0) is 16.1 Å². The number of esters is 1. The van der Waals surface area contributed by atoms with Gasteiger partial charge in [0.1, 0.15) is 0 Å². The first-order valence-electron chi connectivity index (χ1n) is 3.66. The molecular formula is C6H9BrN4O3. The second-order valence-electron chi connectivity index (χ2n) is 2.46. The summed E-state index contributed by atoms with van der Waals surface area (Å²) >= 11 is 3.06. The molecule has 0 fully saturated rings. The van der Waals surface area contributed by atoms with Crippen molar-refractivity contribution in [1.29, 1.82) is 0 Å². The van der Waals surface area contributed by atoms with Gasteiger partial charge in [0.2, 0.25) is 5.95 Å². The van der Waals surface area contributed by atoms with Gasteiger partial charge in [-0.2, -0.15) is 4.98 Å². The lowest BCUT2D eigenvalue weighted by atomic mass is 10.4. The molecule has 78 valence electrons. The fraction of sp³-hybridized carbons (Fsp3) is 0.500. The van der Waals surface area contributed by atoms with Gasteiger partial charge in [-0.3, -0.25) is 0 Å². The Balaban J connectivity index is 2.69. The number of anilines is 1. The molecule has 1 atom stereocenters. The lowest BCUT2D eigenvalue weighted by molar-refractivity contribution is -0.151.